The highest BCUT2D eigenvalue weighted by Crippen LogP contribution is 2.44. The van der Waals surface area contributed by atoms with Crippen molar-refractivity contribution in [3.63, 3.8) is 0 Å². The first kappa shape index (κ1) is 20.6. The molecule has 4 aromatic rings. The van der Waals surface area contributed by atoms with Crippen LogP contribution < -0.4 is 9.64 Å². The lowest BCUT2D eigenvalue weighted by Gasteiger charge is -2.22. The molecule has 0 spiro atoms. The van der Waals surface area contributed by atoms with E-state index in [1.807, 2.05) is 37.3 Å². The second kappa shape index (κ2) is 7.78. The highest BCUT2D eigenvalue weighted by Gasteiger charge is 2.48. The number of fused-ring (bicyclic) bond motifs is 2. The van der Waals surface area contributed by atoms with E-state index < -0.39 is 17.7 Å². The fraction of sp³-hybridized carbons (Fsp3) is 0.154. The van der Waals surface area contributed by atoms with Crippen LogP contribution >= 0.6 is 11.3 Å². The first-order valence-electron chi connectivity index (χ1n) is 10.9. The Hall–Kier alpha value is -4.04. The Labute approximate surface area is 199 Å². The van der Waals surface area contributed by atoms with Crippen molar-refractivity contribution < 1.29 is 19.4 Å². The maximum absolute atomic E-state index is 13.3. The number of nitrogens with zero attached hydrogens (tertiary/aromatic N) is 3. The Balaban J connectivity index is 1.53. The number of rotatable bonds is 3. The molecule has 1 amide bonds. The monoisotopic (exact) mass is 469 g/mol. The number of ketones is 1. The topological polar surface area (TPSA) is 92.6 Å². The summed E-state index contributed by atoms with van der Waals surface area (Å²) in [7, 11) is 0. The molecule has 1 fully saturated rings. The predicted molar refractivity (Wildman–Crippen MR) is 129 cm³/mol. The van der Waals surface area contributed by atoms with Gasteiger partial charge in [0.05, 0.1) is 21.8 Å². The predicted octanol–water partition coefficient (Wildman–Crippen LogP) is 4.64. The van der Waals surface area contributed by atoms with Gasteiger partial charge in [-0.05, 0) is 54.4 Å². The summed E-state index contributed by atoms with van der Waals surface area (Å²) in [4.78, 5) is 36.8. The number of benzene rings is 2. The number of aliphatic hydroxyl groups excluding tert-OH is 1. The number of aliphatic hydroxyl groups is 1. The number of pyridine rings is 1. The van der Waals surface area contributed by atoms with Crippen molar-refractivity contribution in [1.82, 2.24) is 9.97 Å². The number of carbonyl (C=O) groups excluding carboxylic acids is 2. The minimum atomic E-state index is -0.849. The molecule has 2 atom stereocenters. The summed E-state index contributed by atoms with van der Waals surface area (Å²) in [6.45, 7) is 1.98. The first-order chi connectivity index (χ1) is 16.5. The van der Waals surface area contributed by atoms with Crippen molar-refractivity contribution in [1.29, 1.82) is 0 Å². The van der Waals surface area contributed by atoms with E-state index in [0.29, 0.717) is 22.7 Å². The van der Waals surface area contributed by atoms with Crippen molar-refractivity contribution in [2.45, 2.75) is 25.5 Å². The second-order valence-electron chi connectivity index (χ2n) is 8.37. The van der Waals surface area contributed by atoms with Crippen LogP contribution in [0.2, 0.25) is 0 Å². The van der Waals surface area contributed by atoms with Crippen LogP contribution in [-0.2, 0) is 16.0 Å². The molecular weight excluding hydrogens is 450 g/mol. The van der Waals surface area contributed by atoms with Gasteiger partial charge < -0.3 is 9.84 Å². The molecule has 2 aromatic carbocycles. The molecule has 2 aliphatic heterocycles. The van der Waals surface area contributed by atoms with Crippen LogP contribution in [0.1, 0.15) is 29.7 Å². The zero-order chi connectivity index (χ0) is 23.4. The molecule has 0 bridgehead atoms. The first-order valence-corrected chi connectivity index (χ1v) is 11.7. The van der Waals surface area contributed by atoms with Gasteiger partial charge in [-0.3, -0.25) is 19.5 Å². The number of ether oxygens (including phenoxy) is 1. The third-order valence-corrected chi connectivity index (χ3v) is 7.14. The van der Waals surface area contributed by atoms with Crippen LogP contribution in [0.25, 0.3) is 16.0 Å². The van der Waals surface area contributed by atoms with Crippen LogP contribution in [0.4, 0.5) is 5.13 Å². The molecule has 2 aliphatic rings. The molecule has 0 radical (unpaired) electrons. The molecular formula is C26H19N3O4S. The van der Waals surface area contributed by atoms with Gasteiger partial charge in [0.2, 0.25) is 0 Å². The molecule has 34 heavy (non-hydrogen) atoms. The quantitative estimate of drug-likeness (QED) is 0.267. The zero-order valence-electron chi connectivity index (χ0n) is 18.1. The molecule has 2 unspecified atom stereocenters. The number of hydrogen-bond donors (Lipinski definition) is 1. The van der Waals surface area contributed by atoms with E-state index in [4.69, 9.17) is 4.74 Å². The molecule has 7 nitrogen and oxygen atoms in total. The standard InChI is InChI=1S/C26H19N3O4S/c1-14-11-17-12-15(8-9-19(17)33-14)23(30)21-22(16-5-4-10-27-13-16)29(25(32)24(21)31)26-28-18-6-2-3-7-20(18)34-26/h2-10,12-14,22,30H,11H2,1H3/b23-21+. The van der Waals surface area contributed by atoms with E-state index in [9.17, 15) is 14.7 Å². The third-order valence-electron chi connectivity index (χ3n) is 6.10. The molecule has 1 N–H and O–H groups in total. The van der Waals surface area contributed by atoms with E-state index >= 15 is 0 Å². The molecule has 0 aliphatic carbocycles. The van der Waals surface area contributed by atoms with Crippen LogP contribution in [0, 0.1) is 0 Å². The minimum Gasteiger partial charge on any atom is -0.507 e. The molecule has 8 heteroatoms. The van der Waals surface area contributed by atoms with Crippen LogP contribution in [0.5, 0.6) is 5.75 Å². The lowest BCUT2D eigenvalue weighted by molar-refractivity contribution is -0.132. The summed E-state index contributed by atoms with van der Waals surface area (Å²) < 4.78 is 6.66. The van der Waals surface area contributed by atoms with E-state index in [-0.39, 0.29) is 17.4 Å². The number of carbonyl (C=O) groups is 2. The minimum absolute atomic E-state index is 0.0177. The summed E-state index contributed by atoms with van der Waals surface area (Å²) >= 11 is 1.33. The van der Waals surface area contributed by atoms with Gasteiger partial charge in [0, 0.05) is 24.4 Å². The number of thiazole rings is 1. The summed E-state index contributed by atoms with van der Waals surface area (Å²) in [5, 5.41) is 11.7. The Morgan fingerprint density at radius 2 is 2.00 bits per heavy atom. The van der Waals surface area contributed by atoms with Crippen LogP contribution in [-0.4, -0.2) is 32.9 Å². The van der Waals surface area contributed by atoms with Crippen molar-refractivity contribution >= 4 is 44.1 Å². The maximum atomic E-state index is 13.3. The number of aromatic nitrogens is 2. The van der Waals surface area contributed by atoms with Gasteiger partial charge in [-0.25, -0.2) is 4.98 Å². The zero-order valence-corrected chi connectivity index (χ0v) is 19.0. The Morgan fingerprint density at radius 1 is 1.15 bits per heavy atom. The summed E-state index contributed by atoms with van der Waals surface area (Å²) in [6, 6.07) is 15.5. The van der Waals surface area contributed by atoms with Gasteiger partial charge in [0.15, 0.2) is 5.13 Å². The van der Waals surface area contributed by atoms with E-state index in [2.05, 4.69) is 9.97 Å². The van der Waals surface area contributed by atoms with Gasteiger partial charge in [0.25, 0.3) is 5.78 Å². The van der Waals surface area contributed by atoms with Crippen molar-refractivity contribution in [3.05, 3.63) is 89.3 Å². The SMILES string of the molecule is CC1Cc2cc(/C(O)=C3\C(=O)C(=O)N(c4nc5ccccc5s4)C3c3cccnc3)ccc2O1. The summed E-state index contributed by atoms with van der Waals surface area (Å²) in [5.41, 5.74) is 2.79. The number of anilines is 1. The van der Waals surface area contributed by atoms with Gasteiger partial charge >= 0.3 is 5.91 Å². The molecule has 1 saturated heterocycles. The second-order valence-corrected chi connectivity index (χ2v) is 9.38. The Kier molecular flexibility index (Phi) is 4.70. The maximum Gasteiger partial charge on any atom is 0.301 e. The van der Waals surface area contributed by atoms with E-state index in [1.165, 1.54) is 16.2 Å². The fourth-order valence-corrected chi connectivity index (χ4v) is 5.56. The highest BCUT2D eigenvalue weighted by molar-refractivity contribution is 7.22. The molecule has 6 rings (SSSR count). The number of Topliss-reactive ketones (excluding diaryl/α,β-unsaturated/α-hetero) is 1. The van der Waals surface area contributed by atoms with Crippen molar-refractivity contribution in [2.24, 2.45) is 0 Å². The summed E-state index contributed by atoms with van der Waals surface area (Å²) in [5.74, 6) is -0.941. The molecule has 4 heterocycles. The van der Waals surface area contributed by atoms with Crippen LogP contribution in [0.15, 0.2) is 72.6 Å². The number of amides is 1. The third kappa shape index (κ3) is 3.18. The molecule has 2 aromatic heterocycles. The average Bonchev–Trinajstić information content (AvgIpc) is 3.51. The Morgan fingerprint density at radius 3 is 2.79 bits per heavy atom. The highest BCUT2D eigenvalue weighted by atomic mass is 32.1. The van der Waals surface area contributed by atoms with Gasteiger partial charge in [-0.15, -0.1) is 0 Å². The fourth-order valence-electron chi connectivity index (χ4n) is 4.57. The number of para-hydroxylation sites is 1. The lowest BCUT2D eigenvalue weighted by atomic mass is 9.95. The van der Waals surface area contributed by atoms with Gasteiger partial charge in [-0.2, -0.15) is 0 Å². The normalized spacial score (nSPS) is 21.1. The van der Waals surface area contributed by atoms with Crippen molar-refractivity contribution in [3.8, 4) is 5.75 Å². The smallest absolute Gasteiger partial charge is 0.301 e. The van der Waals surface area contributed by atoms with Gasteiger partial charge in [-0.1, -0.05) is 29.5 Å². The largest absolute Gasteiger partial charge is 0.507 e. The van der Waals surface area contributed by atoms with Gasteiger partial charge in [0.1, 0.15) is 17.6 Å². The molecule has 0 saturated carbocycles. The molecule has 168 valence electrons. The lowest BCUT2D eigenvalue weighted by Crippen LogP contribution is -2.29. The summed E-state index contributed by atoms with van der Waals surface area (Å²) in [6.07, 6.45) is 3.98. The average molecular weight is 470 g/mol. The van der Waals surface area contributed by atoms with E-state index in [1.54, 1.807) is 36.7 Å². The Bertz CT molecular complexity index is 1460. The van der Waals surface area contributed by atoms with E-state index in [0.717, 1.165) is 21.5 Å². The number of hydrogen-bond acceptors (Lipinski definition) is 7. The van der Waals surface area contributed by atoms with Crippen molar-refractivity contribution in [2.75, 3.05) is 4.90 Å². The van der Waals surface area contributed by atoms with Crippen LogP contribution in [0.3, 0.4) is 0 Å².